The summed E-state index contributed by atoms with van der Waals surface area (Å²) in [5.74, 6) is -4.51. The van der Waals surface area contributed by atoms with Crippen LogP contribution in [0.2, 0.25) is 0 Å². The van der Waals surface area contributed by atoms with Gasteiger partial charge in [0, 0.05) is 19.4 Å². The van der Waals surface area contributed by atoms with Crippen molar-refractivity contribution in [2.45, 2.75) is 53.5 Å². The molecule has 1 aromatic rings. The molecule has 1 spiro atoms. The van der Waals surface area contributed by atoms with Crippen molar-refractivity contribution < 1.29 is 41.4 Å². The molecule has 0 aliphatic carbocycles. The average Bonchev–Trinajstić information content (AvgIpc) is 3.41. The molecule has 2 amide bonds. The Balaban J connectivity index is 1.48. The Morgan fingerprint density at radius 1 is 1.16 bits per heavy atom. The van der Waals surface area contributed by atoms with Gasteiger partial charge in [-0.25, -0.2) is 23.1 Å². The lowest BCUT2D eigenvalue weighted by Gasteiger charge is -2.49. The highest BCUT2D eigenvalue weighted by atomic mass is 32.2. The number of carbonyl (C=O) groups excluding carboxylic acids is 2. The van der Waals surface area contributed by atoms with Crippen LogP contribution in [0.25, 0.3) is 0 Å². The van der Waals surface area contributed by atoms with Gasteiger partial charge < -0.3 is 31.9 Å². The molecule has 5 rings (SSSR count). The van der Waals surface area contributed by atoms with Gasteiger partial charge in [0.25, 0.3) is 0 Å². The Morgan fingerprint density at radius 3 is 2.45 bits per heavy atom. The summed E-state index contributed by atoms with van der Waals surface area (Å²) in [6, 6.07) is -1.18. The molecule has 38 heavy (non-hydrogen) atoms. The number of likely N-dealkylation sites (tertiary alicyclic amines) is 1. The van der Waals surface area contributed by atoms with Crippen LogP contribution in [0.5, 0.6) is 0 Å². The minimum Gasteiger partial charge on any atom is -0.370 e. The number of nitrogens with one attached hydrogen (secondary N) is 2. The number of sulfonamides is 1. The number of guanidine groups is 2. The van der Waals surface area contributed by atoms with Gasteiger partial charge in [-0.1, -0.05) is 6.07 Å². The monoisotopic (exact) mass is 560 g/mol. The number of amides is 2. The number of nitrogens with two attached hydrogens (primary N) is 2. The first-order valence-electron chi connectivity index (χ1n) is 11.3. The van der Waals surface area contributed by atoms with Crippen LogP contribution < -0.4 is 21.5 Å². The molecule has 0 saturated carbocycles. The van der Waals surface area contributed by atoms with Crippen molar-refractivity contribution in [3.8, 4) is 0 Å². The Bertz CT molecular complexity index is 1370. The molecule has 2 fully saturated rings. The number of imide groups is 1. The van der Waals surface area contributed by atoms with Gasteiger partial charge in [-0.3, -0.25) is 14.5 Å². The standard InChI is InChI=1S/C20H23F3N8O6S/c21-20(22,23)9-2-1-3-10(6-9)38(36,37)29-12-8-31-17(25)26-11(7-30-13(32)4-5-14(30)33)15-18(31,19(12,34)35)28-16(24)27-15/h1-3,6,11-12,15,29,34-35H,4-5,7-8H2,(H2,25,26)(H3,24,27,28). The summed E-state index contributed by atoms with van der Waals surface area (Å²) in [4.78, 5) is 34.1. The van der Waals surface area contributed by atoms with Gasteiger partial charge >= 0.3 is 6.18 Å². The van der Waals surface area contributed by atoms with Gasteiger partial charge in [0.1, 0.15) is 6.04 Å². The van der Waals surface area contributed by atoms with Crippen LogP contribution in [0.1, 0.15) is 18.4 Å². The molecule has 8 N–H and O–H groups in total. The molecule has 0 aromatic heterocycles. The van der Waals surface area contributed by atoms with E-state index in [2.05, 4.69) is 15.3 Å². The van der Waals surface area contributed by atoms with Gasteiger partial charge in [-0.05, 0) is 18.2 Å². The first-order valence-corrected chi connectivity index (χ1v) is 12.8. The molecule has 4 aliphatic heterocycles. The maximum Gasteiger partial charge on any atom is 0.416 e. The Hall–Kier alpha value is -3.48. The molecule has 14 nitrogen and oxygen atoms in total. The largest absolute Gasteiger partial charge is 0.416 e. The van der Waals surface area contributed by atoms with E-state index in [4.69, 9.17) is 11.5 Å². The van der Waals surface area contributed by atoms with Crippen molar-refractivity contribution in [1.82, 2.24) is 19.8 Å². The fraction of sp³-hybridized carbons (Fsp3) is 0.500. The van der Waals surface area contributed by atoms with Crippen molar-refractivity contribution in [3.63, 3.8) is 0 Å². The molecule has 0 radical (unpaired) electrons. The first kappa shape index (κ1) is 26.1. The van der Waals surface area contributed by atoms with E-state index in [1.54, 1.807) is 0 Å². The zero-order chi connectivity index (χ0) is 27.8. The number of aliphatic imine (C=N–C) groups is 2. The van der Waals surface area contributed by atoms with Crippen molar-refractivity contribution in [3.05, 3.63) is 29.8 Å². The summed E-state index contributed by atoms with van der Waals surface area (Å²) in [6.07, 6.45) is -4.82. The highest BCUT2D eigenvalue weighted by molar-refractivity contribution is 7.89. The normalized spacial score (nSPS) is 30.6. The first-order chi connectivity index (χ1) is 17.6. The predicted molar refractivity (Wildman–Crippen MR) is 122 cm³/mol. The zero-order valence-electron chi connectivity index (χ0n) is 19.4. The van der Waals surface area contributed by atoms with E-state index in [9.17, 15) is 41.4 Å². The van der Waals surface area contributed by atoms with Gasteiger partial charge in [0.2, 0.25) is 27.6 Å². The third-order valence-corrected chi connectivity index (χ3v) is 8.56. The van der Waals surface area contributed by atoms with Crippen LogP contribution in [-0.4, -0.2) is 94.8 Å². The van der Waals surface area contributed by atoms with Crippen LogP contribution in [0.3, 0.4) is 0 Å². The minimum absolute atomic E-state index is 0.000326. The average molecular weight is 561 g/mol. The van der Waals surface area contributed by atoms with Gasteiger partial charge in [0.05, 0.1) is 29.1 Å². The maximum absolute atomic E-state index is 13.1. The van der Waals surface area contributed by atoms with Crippen LogP contribution in [0, 0.1) is 0 Å². The lowest BCUT2D eigenvalue weighted by molar-refractivity contribution is -0.229. The summed E-state index contributed by atoms with van der Waals surface area (Å²) < 4.78 is 67.5. The highest BCUT2D eigenvalue weighted by Gasteiger charge is 2.73. The van der Waals surface area contributed by atoms with E-state index in [1.807, 2.05) is 4.72 Å². The Kier molecular flexibility index (Phi) is 5.68. The molecule has 0 bridgehead atoms. The number of hydrogen-bond acceptors (Lipinski definition) is 12. The maximum atomic E-state index is 13.1. The van der Waals surface area contributed by atoms with E-state index in [-0.39, 0.29) is 31.3 Å². The molecule has 2 saturated heterocycles. The van der Waals surface area contributed by atoms with E-state index in [1.165, 1.54) is 0 Å². The fourth-order valence-electron chi connectivity index (χ4n) is 5.32. The third-order valence-electron chi connectivity index (χ3n) is 7.10. The van der Waals surface area contributed by atoms with Crippen LogP contribution >= 0.6 is 0 Å². The van der Waals surface area contributed by atoms with E-state index < -0.39 is 74.6 Å². The van der Waals surface area contributed by atoms with Crippen molar-refractivity contribution in [2.75, 3.05) is 13.1 Å². The Labute approximate surface area is 213 Å². The van der Waals surface area contributed by atoms with E-state index >= 15 is 0 Å². The van der Waals surface area contributed by atoms with Crippen molar-refractivity contribution in [2.24, 2.45) is 21.5 Å². The number of hydrogen-bond donors (Lipinski definition) is 6. The number of aliphatic hydroxyl groups is 2. The second-order valence-corrected chi connectivity index (χ2v) is 11.1. The lowest BCUT2D eigenvalue weighted by Crippen LogP contribution is -2.78. The van der Waals surface area contributed by atoms with Crippen LogP contribution in [0.15, 0.2) is 39.1 Å². The van der Waals surface area contributed by atoms with Gasteiger partial charge in [-0.15, -0.1) is 0 Å². The summed E-state index contributed by atoms with van der Waals surface area (Å²) >= 11 is 0. The molecule has 4 heterocycles. The zero-order valence-corrected chi connectivity index (χ0v) is 20.2. The van der Waals surface area contributed by atoms with Gasteiger partial charge in [0.15, 0.2) is 17.6 Å². The molecule has 18 heteroatoms. The molecule has 1 aromatic carbocycles. The molecule has 4 aliphatic rings. The van der Waals surface area contributed by atoms with Gasteiger partial charge in [-0.2, -0.15) is 13.2 Å². The fourth-order valence-corrected chi connectivity index (χ4v) is 6.61. The number of rotatable bonds is 5. The lowest BCUT2D eigenvalue weighted by atomic mass is 9.85. The number of nitrogens with zero attached hydrogens (tertiary/aromatic N) is 4. The SMILES string of the molecule is NC1=NC2C(CN3C(=O)CCC3=O)N=C(N)N3CC(NS(=O)(=O)c4cccc(C(F)(F)F)c4)C(O)(O)C23N1. The molecule has 4 unspecified atom stereocenters. The molecular weight excluding hydrogens is 537 g/mol. The second kappa shape index (κ2) is 8.26. The molecular formula is C20H23F3N8O6S. The topological polar surface area (TPSA) is 216 Å². The molecule has 4 atom stereocenters. The van der Waals surface area contributed by atoms with Crippen LogP contribution in [0.4, 0.5) is 13.2 Å². The van der Waals surface area contributed by atoms with E-state index in [0.29, 0.717) is 12.1 Å². The number of benzene rings is 1. The minimum atomic E-state index is -4.82. The summed E-state index contributed by atoms with van der Waals surface area (Å²) in [6.45, 7) is -0.797. The summed E-state index contributed by atoms with van der Waals surface area (Å²) in [5.41, 5.74) is 8.67. The highest BCUT2D eigenvalue weighted by Crippen LogP contribution is 2.45. The Morgan fingerprint density at radius 2 is 1.82 bits per heavy atom. The third kappa shape index (κ3) is 3.77. The number of halogens is 3. The predicted octanol–water partition coefficient (Wildman–Crippen LogP) is -2.82. The van der Waals surface area contributed by atoms with Crippen LogP contribution in [-0.2, 0) is 25.8 Å². The number of alkyl halides is 3. The van der Waals surface area contributed by atoms with Crippen molar-refractivity contribution >= 4 is 33.8 Å². The second-order valence-electron chi connectivity index (χ2n) is 9.34. The smallest absolute Gasteiger partial charge is 0.370 e. The van der Waals surface area contributed by atoms with Crippen molar-refractivity contribution in [1.29, 1.82) is 0 Å². The quantitative estimate of drug-likeness (QED) is 0.160. The summed E-state index contributed by atoms with van der Waals surface area (Å²) in [5, 5.41) is 25.4. The number of carbonyl (C=O) groups is 2. The molecule has 206 valence electrons. The summed E-state index contributed by atoms with van der Waals surface area (Å²) in [7, 11) is -4.72. The van der Waals surface area contributed by atoms with E-state index in [0.717, 1.165) is 21.9 Å².